The molecular formula is C18H13BrO4. The molecule has 0 radical (unpaired) electrons. The van der Waals surface area contributed by atoms with Crippen molar-refractivity contribution in [1.82, 2.24) is 0 Å². The molecule has 0 bridgehead atoms. The Morgan fingerprint density at radius 3 is 2.61 bits per heavy atom. The summed E-state index contributed by atoms with van der Waals surface area (Å²) in [4.78, 5) is 23.6. The fourth-order valence-electron chi connectivity index (χ4n) is 2.42. The number of carbonyl (C=O) groups is 2. The van der Waals surface area contributed by atoms with Crippen LogP contribution in [0.25, 0.3) is 6.08 Å². The first-order valence-electron chi connectivity index (χ1n) is 7.05. The lowest BCUT2D eigenvalue weighted by atomic mass is 9.99. The van der Waals surface area contributed by atoms with E-state index in [0.717, 1.165) is 10.0 Å². The minimum Gasteiger partial charge on any atom is -0.492 e. The van der Waals surface area contributed by atoms with Crippen molar-refractivity contribution in [3.8, 4) is 5.75 Å². The molecule has 0 saturated carbocycles. The Kier molecular flexibility index (Phi) is 4.30. The number of rotatable bonds is 2. The molecule has 0 atom stereocenters. The lowest BCUT2D eigenvalue weighted by molar-refractivity contribution is 0.0696. The van der Waals surface area contributed by atoms with Gasteiger partial charge < -0.3 is 9.84 Å². The summed E-state index contributed by atoms with van der Waals surface area (Å²) in [6.45, 7) is 0.430. The minimum atomic E-state index is -0.970. The van der Waals surface area contributed by atoms with Crippen LogP contribution in [-0.4, -0.2) is 23.5 Å². The number of fused-ring (bicyclic) bond motifs is 1. The van der Waals surface area contributed by atoms with Crippen molar-refractivity contribution in [3.05, 3.63) is 69.2 Å². The summed E-state index contributed by atoms with van der Waals surface area (Å²) in [5, 5.41) is 8.92. The highest BCUT2D eigenvalue weighted by molar-refractivity contribution is 9.10. The van der Waals surface area contributed by atoms with Crippen molar-refractivity contribution >= 4 is 33.8 Å². The Morgan fingerprint density at radius 1 is 1.17 bits per heavy atom. The highest BCUT2D eigenvalue weighted by Gasteiger charge is 2.21. The first kappa shape index (κ1) is 15.5. The van der Waals surface area contributed by atoms with E-state index in [4.69, 9.17) is 9.84 Å². The highest BCUT2D eigenvalue weighted by atomic mass is 79.9. The number of hydrogen-bond acceptors (Lipinski definition) is 3. The van der Waals surface area contributed by atoms with Crippen LogP contribution in [-0.2, 0) is 0 Å². The smallest absolute Gasteiger partial charge is 0.335 e. The highest BCUT2D eigenvalue weighted by Crippen LogP contribution is 2.30. The van der Waals surface area contributed by atoms with Crippen LogP contribution >= 0.6 is 15.9 Å². The number of benzene rings is 2. The lowest BCUT2D eigenvalue weighted by Crippen LogP contribution is -2.02. The Hall–Kier alpha value is -2.40. The van der Waals surface area contributed by atoms with Gasteiger partial charge in [-0.15, -0.1) is 0 Å². The summed E-state index contributed by atoms with van der Waals surface area (Å²) in [7, 11) is 0. The second-order valence-electron chi connectivity index (χ2n) is 5.16. The van der Waals surface area contributed by atoms with E-state index in [-0.39, 0.29) is 11.3 Å². The van der Waals surface area contributed by atoms with E-state index in [1.807, 2.05) is 6.07 Å². The van der Waals surface area contributed by atoms with E-state index in [1.165, 1.54) is 12.1 Å². The molecule has 0 fully saturated rings. The minimum absolute atomic E-state index is 0.0684. The van der Waals surface area contributed by atoms with E-state index < -0.39 is 5.97 Å². The molecule has 2 aromatic carbocycles. The van der Waals surface area contributed by atoms with Crippen molar-refractivity contribution in [2.45, 2.75) is 6.42 Å². The van der Waals surface area contributed by atoms with Gasteiger partial charge >= 0.3 is 5.97 Å². The van der Waals surface area contributed by atoms with Gasteiger partial charge in [0.2, 0.25) is 0 Å². The maximum atomic E-state index is 12.7. The van der Waals surface area contributed by atoms with Crippen LogP contribution in [0.2, 0.25) is 0 Å². The number of carboxylic acid groups (broad SMARTS) is 1. The Balaban J connectivity index is 1.96. The van der Waals surface area contributed by atoms with Crippen molar-refractivity contribution in [2.24, 2.45) is 0 Å². The zero-order chi connectivity index (χ0) is 16.4. The first-order chi connectivity index (χ1) is 11.0. The van der Waals surface area contributed by atoms with Gasteiger partial charge in [-0.2, -0.15) is 0 Å². The molecule has 5 heteroatoms. The second-order valence-corrected chi connectivity index (χ2v) is 6.08. The molecule has 1 N–H and O–H groups in total. The topological polar surface area (TPSA) is 63.6 Å². The molecule has 1 aliphatic rings. The van der Waals surface area contributed by atoms with Crippen molar-refractivity contribution in [1.29, 1.82) is 0 Å². The summed E-state index contributed by atoms with van der Waals surface area (Å²) in [6, 6.07) is 11.8. The molecule has 0 amide bonds. The van der Waals surface area contributed by atoms with Crippen molar-refractivity contribution < 1.29 is 19.4 Å². The van der Waals surface area contributed by atoms with E-state index in [2.05, 4.69) is 15.9 Å². The number of hydrogen-bond donors (Lipinski definition) is 1. The van der Waals surface area contributed by atoms with E-state index in [9.17, 15) is 9.59 Å². The van der Waals surface area contributed by atoms with Crippen LogP contribution < -0.4 is 4.74 Å². The van der Waals surface area contributed by atoms with Crippen LogP contribution in [0.5, 0.6) is 5.75 Å². The lowest BCUT2D eigenvalue weighted by Gasteiger charge is -2.05. The van der Waals surface area contributed by atoms with Crippen molar-refractivity contribution in [2.75, 3.05) is 6.61 Å². The SMILES string of the molecule is O=C(O)c1ccc(/C=C2\CCOc3ccc(Br)cc3C2=O)cc1. The number of halogens is 1. The molecule has 0 spiro atoms. The maximum absolute atomic E-state index is 12.7. The normalized spacial score (nSPS) is 15.7. The van der Waals surface area contributed by atoms with Gasteiger partial charge in [0.05, 0.1) is 17.7 Å². The Labute approximate surface area is 141 Å². The number of carbonyl (C=O) groups excluding carboxylic acids is 1. The maximum Gasteiger partial charge on any atom is 0.335 e. The zero-order valence-corrected chi connectivity index (χ0v) is 13.7. The predicted molar refractivity (Wildman–Crippen MR) is 90.0 cm³/mol. The van der Waals surface area contributed by atoms with Crippen LogP contribution in [0.4, 0.5) is 0 Å². The van der Waals surface area contributed by atoms with E-state index in [0.29, 0.717) is 29.9 Å². The first-order valence-corrected chi connectivity index (χ1v) is 7.85. The quantitative estimate of drug-likeness (QED) is 0.802. The monoisotopic (exact) mass is 372 g/mol. The number of aromatic carboxylic acids is 1. The Bertz CT molecular complexity index is 806. The molecule has 23 heavy (non-hydrogen) atoms. The molecule has 116 valence electrons. The van der Waals surface area contributed by atoms with Gasteiger partial charge in [0, 0.05) is 16.5 Å². The Morgan fingerprint density at radius 2 is 1.91 bits per heavy atom. The average molecular weight is 373 g/mol. The molecule has 0 saturated heterocycles. The van der Waals surface area contributed by atoms with Crippen LogP contribution in [0.15, 0.2) is 52.5 Å². The van der Waals surface area contributed by atoms with Gasteiger partial charge in [0.25, 0.3) is 0 Å². The molecule has 4 nitrogen and oxygen atoms in total. The molecule has 0 aromatic heterocycles. The summed E-state index contributed by atoms with van der Waals surface area (Å²) >= 11 is 3.37. The number of ether oxygens (including phenoxy) is 1. The summed E-state index contributed by atoms with van der Waals surface area (Å²) in [6.07, 6.45) is 2.29. The molecule has 1 aliphatic heterocycles. The van der Waals surface area contributed by atoms with Gasteiger partial charge in [-0.25, -0.2) is 4.79 Å². The summed E-state index contributed by atoms with van der Waals surface area (Å²) in [5.41, 5.74) is 2.18. The molecule has 1 heterocycles. The van der Waals surface area contributed by atoms with Crippen LogP contribution in [0.1, 0.15) is 32.7 Å². The molecule has 0 unspecified atom stereocenters. The van der Waals surface area contributed by atoms with E-state index >= 15 is 0 Å². The van der Waals surface area contributed by atoms with Gasteiger partial charge in [-0.3, -0.25) is 4.79 Å². The molecule has 3 rings (SSSR count). The van der Waals surface area contributed by atoms with Gasteiger partial charge in [0.15, 0.2) is 5.78 Å². The molecule has 0 aliphatic carbocycles. The second kappa shape index (κ2) is 6.38. The fraction of sp³-hybridized carbons (Fsp3) is 0.111. The van der Waals surface area contributed by atoms with Gasteiger partial charge in [-0.05, 0) is 42.0 Å². The molecule has 2 aromatic rings. The molecular weight excluding hydrogens is 360 g/mol. The predicted octanol–water partition coefficient (Wildman–Crippen LogP) is 4.20. The zero-order valence-electron chi connectivity index (χ0n) is 12.1. The number of carboxylic acids is 1. The number of ketones is 1. The largest absolute Gasteiger partial charge is 0.492 e. The summed E-state index contributed by atoms with van der Waals surface area (Å²) < 4.78 is 6.45. The fourth-order valence-corrected chi connectivity index (χ4v) is 2.78. The van der Waals surface area contributed by atoms with Crippen LogP contribution in [0.3, 0.4) is 0 Å². The average Bonchev–Trinajstić information content (AvgIpc) is 2.68. The number of Topliss-reactive ketones (excluding diaryl/α,β-unsaturated/α-hetero) is 1. The summed E-state index contributed by atoms with van der Waals surface area (Å²) in [5.74, 6) is -0.453. The third-order valence-corrected chi connectivity index (χ3v) is 4.10. The van der Waals surface area contributed by atoms with E-state index in [1.54, 1.807) is 30.3 Å². The third-order valence-electron chi connectivity index (χ3n) is 3.61. The van der Waals surface area contributed by atoms with Crippen molar-refractivity contribution in [3.63, 3.8) is 0 Å². The standard InChI is InChI=1S/C18H13BrO4/c19-14-5-6-16-15(10-14)17(20)13(7-8-23-16)9-11-1-3-12(4-2-11)18(21)22/h1-6,9-10H,7-8H2,(H,21,22)/b13-9+. The van der Waals surface area contributed by atoms with Crippen LogP contribution in [0, 0.1) is 0 Å². The van der Waals surface area contributed by atoms with Gasteiger partial charge in [0.1, 0.15) is 5.75 Å². The third kappa shape index (κ3) is 3.35. The van der Waals surface area contributed by atoms with Gasteiger partial charge in [-0.1, -0.05) is 28.1 Å².